The zero-order valence-corrected chi connectivity index (χ0v) is 19.3. The molecule has 0 saturated carbocycles. The second kappa shape index (κ2) is 10.2. The molecule has 32 heavy (non-hydrogen) atoms. The highest BCUT2D eigenvalue weighted by Gasteiger charge is 2.48. The Kier molecular flexibility index (Phi) is 7.56. The number of methoxy groups -OCH3 is 1. The normalized spacial score (nSPS) is 23.0. The first-order valence-corrected chi connectivity index (χ1v) is 10.9. The van der Waals surface area contributed by atoms with Crippen molar-refractivity contribution in [1.29, 1.82) is 0 Å². The van der Waals surface area contributed by atoms with E-state index in [0.29, 0.717) is 53.7 Å². The molecule has 1 N–H and O–H groups in total. The lowest BCUT2D eigenvalue weighted by atomic mass is 9.70. The molecule has 8 nitrogen and oxygen atoms in total. The zero-order chi connectivity index (χ0) is 23.4. The van der Waals surface area contributed by atoms with E-state index in [-0.39, 0.29) is 18.3 Å². The molecule has 174 valence electrons. The third-order valence-electron chi connectivity index (χ3n) is 5.82. The number of ketones is 1. The number of aryl methyl sites for hydroxylation is 1. The number of furan rings is 1. The summed E-state index contributed by atoms with van der Waals surface area (Å²) in [6.45, 7) is 8.39. The van der Waals surface area contributed by atoms with Gasteiger partial charge in [-0.25, -0.2) is 4.79 Å². The summed E-state index contributed by atoms with van der Waals surface area (Å²) in [5.74, 6) is -2.32. The van der Waals surface area contributed by atoms with E-state index in [0.717, 1.165) is 6.42 Å². The molecule has 0 spiro atoms. The van der Waals surface area contributed by atoms with Gasteiger partial charge in [0, 0.05) is 23.6 Å². The minimum atomic E-state index is -0.933. The van der Waals surface area contributed by atoms with E-state index in [1.54, 1.807) is 26.0 Å². The summed E-state index contributed by atoms with van der Waals surface area (Å²) >= 11 is 0. The minimum absolute atomic E-state index is 0.0984. The van der Waals surface area contributed by atoms with Crippen LogP contribution in [-0.2, 0) is 28.6 Å². The molecular formula is C24H31NO7. The number of dihydropyridines is 1. The summed E-state index contributed by atoms with van der Waals surface area (Å²) in [4.78, 5) is 39.0. The first-order chi connectivity index (χ1) is 15.3. The number of carbonyl (C=O) groups excluding carboxylic acids is 3. The van der Waals surface area contributed by atoms with Crippen LogP contribution in [0.5, 0.6) is 0 Å². The first-order valence-electron chi connectivity index (χ1n) is 10.9. The van der Waals surface area contributed by atoms with E-state index in [1.165, 1.54) is 7.11 Å². The number of esters is 2. The Bertz CT molecular complexity index is 955. The SMILES string of the molecule is CCCOCCOC(=O)C1=C(C)NC2=C(C(=O)[C@@H](C(=O)OC)[C@@H](C)C2)[C@@H]1c1ccc(C)o1. The van der Waals surface area contributed by atoms with E-state index in [4.69, 9.17) is 18.6 Å². The summed E-state index contributed by atoms with van der Waals surface area (Å²) in [5.41, 5.74) is 1.94. The Morgan fingerprint density at radius 2 is 1.94 bits per heavy atom. The van der Waals surface area contributed by atoms with Crippen LogP contribution < -0.4 is 5.32 Å². The maximum Gasteiger partial charge on any atom is 0.336 e. The monoisotopic (exact) mass is 445 g/mol. The molecule has 1 aliphatic heterocycles. The van der Waals surface area contributed by atoms with Crippen LogP contribution >= 0.6 is 0 Å². The third kappa shape index (κ3) is 4.65. The maximum atomic E-state index is 13.5. The molecular weight excluding hydrogens is 414 g/mol. The van der Waals surface area contributed by atoms with Crippen molar-refractivity contribution in [2.45, 2.75) is 46.5 Å². The molecule has 2 heterocycles. The molecule has 0 aromatic carbocycles. The zero-order valence-electron chi connectivity index (χ0n) is 19.3. The molecule has 0 bridgehead atoms. The number of Topliss-reactive ketones (excluding diaryl/α,β-unsaturated/α-hetero) is 1. The summed E-state index contributed by atoms with van der Waals surface area (Å²) in [7, 11) is 1.27. The van der Waals surface area contributed by atoms with Crippen molar-refractivity contribution in [2.75, 3.05) is 26.9 Å². The van der Waals surface area contributed by atoms with Gasteiger partial charge in [0.1, 0.15) is 24.0 Å². The Morgan fingerprint density at radius 3 is 2.56 bits per heavy atom. The standard InChI is InChI=1S/C24H31NO7/c1-6-9-30-10-11-31-24(28)19-15(4)25-16-12-13(2)18(23(27)29-5)22(26)20(16)21(19)17-8-7-14(3)32-17/h7-8,13,18,21,25H,6,9-12H2,1-5H3/t13-,18-,21+/m0/s1. The number of hydrogen-bond donors (Lipinski definition) is 1. The number of allylic oxidation sites excluding steroid dienone is 3. The minimum Gasteiger partial charge on any atom is -0.468 e. The lowest BCUT2D eigenvalue weighted by Crippen LogP contribution is -2.43. The maximum absolute atomic E-state index is 13.5. The van der Waals surface area contributed by atoms with Crippen LogP contribution in [0.1, 0.15) is 51.1 Å². The quantitative estimate of drug-likeness (QED) is 0.370. The Balaban J connectivity index is 1.98. The van der Waals surface area contributed by atoms with Gasteiger partial charge in [-0.3, -0.25) is 9.59 Å². The van der Waals surface area contributed by atoms with Gasteiger partial charge in [0.25, 0.3) is 0 Å². The molecule has 0 fully saturated rings. The van der Waals surface area contributed by atoms with Crippen LogP contribution in [0.25, 0.3) is 0 Å². The van der Waals surface area contributed by atoms with Gasteiger partial charge in [-0.15, -0.1) is 0 Å². The van der Waals surface area contributed by atoms with Gasteiger partial charge in [-0.05, 0) is 44.7 Å². The van der Waals surface area contributed by atoms with Crippen molar-refractivity contribution < 1.29 is 33.0 Å². The van der Waals surface area contributed by atoms with Gasteiger partial charge < -0.3 is 23.9 Å². The van der Waals surface area contributed by atoms with Crippen LogP contribution in [0.2, 0.25) is 0 Å². The van der Waals surface area contributed by atoms with Crippen molar-refractivity contribution >= 4 is 17.7 Å². The fourth-order valence-electron chi connectivity index (χ4n) is 4.36. The molecule has 0 radical (unpaired) electrons. The summed E-state index contributed by atoms with van der Waals surface area (Å²) < 4.78 is 21.6. The average Bonchev–Trinajstić information content (AvgIpc) is 3.18. The topological polar surface area (TPSA) is 104 Å². The van der Waals surface area contributed by atoms with Gasteiger partial charge in [-0.2, -0.15) is 0 Å². The van der Waals surface area contributed by atoms with E-state index < -0.39 is 23.8 Å². The molecule has 0 amide bonds. The van der Waals surface area contributed by atoms with Gasteiger partial charge >= 0.3 is 11.9 Å². The predicted octanol–water partition coefficient (Wildman–Crippen LogP) is 3.17. The van der Waals surface area contributed by atoms with E-state index >= 15 is 0 Å². The predicted molar refractivity (Wildman–Crippen MR) is 115 cm³/mol. The van der Waals surface area contributed by atoms with Gasteiger partial charge in [0.05, 0.1) is 25.2 Å². The van der Waals surface area contributed by atoms with Crippen molar-refractivity contribution in [3.05, 3.63) is 46.2 Å². The Morgan fingerprint density at radius 1 is 1.19 bits per heavy atom. The summed E-state index contributed by atoms with van der Waals surface area (Å²) in [6, 6.07) is 3.53. The molecule has 0 saturated heterocycles. The van der Waals surface area contributed by atoms with E-state index in [2.05, 4.69) is 5.32 Å². The fraction of sp³-hybridized carbons (Fsp3) is 0.542. The van der Waals surface area contributed by atoms with E-state index in [1.807, 2.05) is 13.8 Å². The van der Waals surface area contributed by atoms with Crippen LogP contribution in [0.15, 0.2) is 39.1 Å². The highest BCUT2D eigenvalue weighted by Crippen LogP contribution is 2.45. The number of ether oxygens (including phenoxy) is 3. The molecule has 3 atom stereocenters. The van der Waals surface area contributed by atoms with Gasteiger partial charge in [-0.1, -0.05) is 13.8 Å². The fourth-order valence-corrected chi connectivity index (χ4v) is 4.36. The van der Waals surface area contributed by atoms with Crippen molar-refractivity contribution in [3.63, 3.8) is 0 Å². The number of nitrogens with one attached hydrogen (secondary N) is 1. The Labute approximate surface area is 188 Å². The van der Waals surface area contributed by atoms with Crippen LogP contribution in [0, 0.1) is 18.8 Å². The lowest BCUT2D eigenvalue weighted by molar-refractivity contribution is -0.151. The summed E-state index contributed by atoms with van der Waals surface area (Å²) in [5, 5.41) is 3.22. The molecule has 0 unspecified atom stereocenters. The van der Waals surface area contributed by atoms with E-state index in [9.17, 15) is 14.4 Å². The number of hydrogen-bond acceptors (Lipinski definition) is 8. The second-order valence-corrected chi connectivity index (χ2v) is 8.23. The highest BCUT2D eigenvalue weighted by atomic mass is 16.6. The van der Waals surface area contributed by atoms with Crippen molar-refractivity contribution in [2.24, 2.45) is 11.8 Å². The third-order valence-corrected chi connectivity index (χ3v) is 5.82. The smallest absolute Gasteiger partial charge is 0.336 e. The van der Waals surface area contributed by atoms with Gasteiger partial charge in [0.2, 0.25) is 0 Å². The molecule has 1 aliphatic carbocycles. The molecule has 2 aliphatic rings. The largest absolute Gasteiger partial charge is 0.468 e. The van der Waals surface area contributed by atoms with Crippen molar-refractivity contribution in [1.82, 2.24) is 5.32 Å². The van der Waals surface area contributed by atoms with Gasteiger partial charge in [0.15, 0.2) is 5.78 Å². The van der Waals surface area contributed by atoms with Crippen LogP contribution in [-0.4, -0.2) is 44.7 Å². The molecule has 8 heteroatoms. The molecule has 1 aromatic heterocycles. The Hall–Kier alpha value is -2.87. The number of rotatable bonds is 8. The second-order valence-electron chi connectivity index (χ2n) is 8.23. The highest BCUT2D eigenvalue weighted by molar-refractivity contribution is 6.12. The first kappa shape index (κ1) is 23.8. The van der Waals surface area contributed by atoms with Crippen molar-refractivity contribution in [3.8, 4) is 0 Å². The summed E-state index contributed by atoms with van der Waals surface area (Å²) in [6.07, 6.45) is 1.35. The molecule has 1 aromatic rings. The lowest BCUT2D eigenvalue weighted by Gasteiger charge is -2.37. The average molecular weight is 446 g/mol. The molecule has 3 rings (SSSR count). The van der Waals surface area contributed by atoms with Crippen LogP contribution in [0.3, 0.4) is 0 Å². The van der Waals surface area contributed by atoms with Crippen LogP contribution in [0.4, 0.5) is 0 Å². The number of carbonyl (C=O) groups is 3.